The molecule has 8 heteroatoms. The van der Waals surface area contributed by atoms with Crippen LogP contribution in [0.1, 0.15) is 30.9 Å². The summed E-state index contributed by atoms with van der Waals surface area (Å²) in [5.41, 5.74) is 1.96. The van der Waals surface area contributed by atoms with Gasteiger partial charge in [-0.25, -0.2) is 26.3 Å². The fourth-order valence-corrected chi connectivity index (χ4v) is 4.92. The van der Waals surface area contributed by atoms with Crippen molar-refractivity contribution in [2.75, 3.05) is 6.54 Å². The zero-order chi connectivity index (χ0) is 20.1. The lowest BCUT2D eigenvalue weighted by Crippen LogP contribution is -2.37. The predicted octanol–water partition coefficient (Wildman–Crippen LogP) is 2.73. The van der Waals surface area contributed by atoms with Crippen LogP contribution in [0, 0.1) is 13.8 Å². The molecule has 0 aliphatic rings. The minimum Gasteiger partial charge on any atom is -0.211 e. The Morgan fingerprint density at radius 3 is 1.67 bits per heavy atom. The monoisotopic (exact) mass is 410 g/mol. The summed E-state index contributed by atoms with van der Waals surface area (Å²) in [5.74, 6) is 0. The Morgan fingerprint density at radius 1 is 0.778 bits per heavy atom. The smallest absolute Gasteiger partial charge is 0.211 e. The van der Waals surface area contributed by atoms with Crippen LogP contribution in [0.2, 0.25) is 0 Å². The molecule has 0 spiro atoms. The van der Waals surface area contributed by atoms with E-state index in [-0.39, 0.29) is 22.4 Å². The van der Waals surface area contributed by atoms with Crippen LogP contribution < -0.4 is 9.44 Å². The number of benzene rings is 2. The molecular weight excluding hydrogens is 384 g/mol. The number of hydrogen-bond donors (Lipinski definition) is 2. The molecule has 0 saturated carbocycles. The molecule has 27 heavy (non-hydrogen) atoms. The molecule has 2 rings (SSSR count). The van der Waals surface area contributed by atoms with Gasteiger partial charge in [-0.2, -0.15) is 0 Å². The van der Waals surface area contributed by atoms with Crippen molar-refractivity contribution in [1.82, 2.24) is 9.44 Å². The minimum absolute atomic E-state index is 0.144. The number of sulfonamides is 2. The van der Waals surface area contributed by atoms with Crippen molar-refractivity contribution >= 4 is 20.0 Å². The Balaban J connectivity index is 1.97. The highest BCUT2D eigenvalue weighted by molar-refractivity contribution is 7.89. The minimum atomic E-state index is -3.64. The van der Waals surface area contributed by atoms with Crippen molar-refractivity contribution in [3.63, 3.8) is 0 Å². The maximum absolute atomic E-state index is 12.5. The molecule has 0 bridgehead atoms. The lowest BCUT2D eigenvalue weighted by molar-refractivity contribution is 0.511. The molecule has 0 saturated heterocycles. The molecule has 0 aliphatic carbocycles. The van der Waals surface area contributed by atoms with Crippen LogP contribution in [-0.4, -0.2) is 29.4 Å². The van der Waals surface area contributed by atoms with Gasteiger partial charge in [0.15, 0.2) is 0 Å². The lowest BCUT2D eigenvalue weighted by atomic mass is 10.2. The van der Waals surface area contributed by atoms with E-state index in [9.17, 15) is 16.8 Å². The third-order valence-corrected chi connectivity index (χ3v) is 7.28. The molecule has 0 aromatic heterocycles. The average Bonchev–Trinajstić information content (AvgIpc) is 2.61. The summed E-state index contributed by atoms with van der Waals surface area (Å²) in [6, 6.07) is 12.8. The summed E-state index contributed by atoms with van der Waals surface area (Å²) in [7, 11) is -7.25. The van der Waals surface area contributed by atoms with E-state index < -0.39 is 20.0 Å². The maximum Gasteiger partial charge on any atom is 0.240 e. The molecule has 2 N–H and O–H groups in total. The lowest BCUT2D eigenvalue weighted by Gasteiger charge is -2.17. The van der Waals surface area contributed by atoms with E-state index in [1.54, 1.807) is 48.5 Å². The molecule has 0 radical (unpaired) electrons. The Hall–Kier alpha value is -1.74. The van der Waals surface area contributed by atoms with Gasteiger partial charge in [0.05, 0.1) is 9.79 Å². The highest BCUT2D eigenvalue weighted by Crippen LogP contribution is 2.13. The Bertz CT molecular complexity index is 952. The molecule has 1 atom stereocenters. The van der Waals surface area contributed by atoms with Crippen LogP contribution in [0.5, 0.6) is 0 Å². The van der Waals surface area contributed by atoms with Crippen molar-refractivity contribution in [1.29, 1.82) is 0 Å². The summed E-state index contributed by atoms with van der Waals surface area (Å²) >= 11 is 0. The first-order chi connectivity index (χ1) is 12.6. The van der Waals surface area contributed by atoms with Crippen LogP contribution in [0.3, 0.4) is 0 Å². The number of aryl methyl sites for hydroxylation is 2. The molecular formula is C19H26N2O4S2. The fourth-order valence-electron chi connectivity index (χ4n) is 2.52. The van der Waals surface area contributed by atoms with Crippen LogP contribution in [0.4, 0.5) is 0 Å². The third-order valence-electron chi connectivity index (χ3n) is 4.26. The first-order valence-electron chi connectivity index (χ1n) is 8.79. The third kappa shape index (κ3) is 6.14. The van der Waals surface area contributed by atoms with Crippen LogP contribution >= 0.6 is 0 Å². The van der Waals surface area contributed by atoms with Gasteiger partial charge in [0, 0.05) is 12.6 Å². The molecule has 0 unspecified atom stereocenters. The van der Waals surface area contributed by atoms with Crippen molar-refractivity contribution < 1.29 is 16.8 Å². The summed E-state index contributed by atoms with van der Waals surface area (Å²) in [6.07, 6.45) is 0.907. The van der Waals surface area contributed by atoms with Crippen molar-refractivity contribution in [2.24, 2.45) is 0 Å². The molecule has 0 amide bonds. The highest BCUT2D eigenvalue weighted by Gasteiger charge is 2.20. The number of hydrogen-bond acceptors (Lipinski definition) is 4. The van der Waals surface area contributed by atoms with E-state index in [0.717, 1.165) is 11.1 Å². The summed E-state index contributed by atoms with van der Waals surface area (Å²) in [4.78, 5) is 0.396. The average molecular weight is 411 g/mol. The van der Waals surface area contributed by atoms with Gasteiger partial charge in [0.2, 0.25) is 20.0 Å². The Morgan fingerprint density at radius 2 is 1.22 bits per heavy atom. The zero-order valence-corrected chi connectivity index (χ0v) is 17.4. The van der Waals surface area contributed by atoms with Crippen LogP contribution in [0.25, 0.3) is 0 Å². The van der Waals surface area contributed by atoms with Gasteiger partial charge in [0.1, 0.15) is 0 Å². The van der Waals surface area contributed by atoms with Gasteiger partial charge < -0.3 is 0 Å². The van der Waals surface area contributed by atoms with E-state index in [1.807, 2.05) is 20.8 Å². The molecule has 0 fully saturated rings. The topological polar surface area (TPSA) is 92.3 Å². The quantitative estimate of drug-likeness (QED) is 0.665. The predicted molar refractivity (Wildman–Crippen MR) is 107 cm³/mol. The standard InChI is InChI=1S/C19H26N2O4S2/c1-4-17(21-27(24,25)19-11-7-16(3)8-12-19)13-14-20-26(22,23)18-9-5-15(2)6-10-18/h5-12,17,20-21H,4,13-14H2,1-3H3/t17-/m0/s1. The molecule has 2 aromatic carbocycles. The summed E-state index contributed by atoms with van der Waals surface area (Å²) < 4.78 is 54.7. The van der Waals surface area contributed by atoms with Gasteiger partial charge in [0.25, 0.3) is 0 Å². The number of nitrogens with one attached hydrogen (secondary N) is 2. The van der Waals surface area contributed by atoms with Gasteiger partial charge in [-0.1, -0.05) is 42.3 Å². The Kier molecular flexibility index (Phi) is 7.16. The first-order valence-corrected chi connectivity index (χ1v) is 11.8. The van der Waals surface area contributed by atoms with Gasteiger partial charge in [-0.3, -0.25) is 0 Å². The highest BCUT2D eigenvalue weighted by atomic mass is 32.2. The summed E-state index contributed by atoms with van der Waals surface area (Å²) in [5, 5.41) is 0. The SMILES string of the molecule is CC[C@@H](CCNS(=O)(=O)c1ccc(C)cc1)NS(=O)(=O)c1ccc(C)cc1. The van der Waals surface area contributed by atoms with Crippen LogP contribution in [0.15, 0.2) is 58.3 Å². The van der Waals surface area contributed by atoms with E-state index in [2.05, 4.69) is 9.44 Å². The van der Waals surface area contributed by atoms with E-state index in [0.29, 0.717) is 12.8 Å². The second-order valence-electron chi connectivity index (χ2n) is 6.54. The van der Waals surface area contributed by atoms with E-state index in [4.69, 9.17) is 0 Å². The molecule has 2 aromatic rings. The van der Waals surface area contributed by atoms with E-state index >= 15 is 0 Å². The maximum atomic E-state index is 12.5. The normalized spacial score (nSPS) is 13.4. The van der Waals surface area contributed by atoms with Crippen molar-refractivity contribution in [3.8, 4) is 0 Å². The summed E-state index contributed by atoms with van der Waals surface area (Å²) in [6.45, 7) is 5.77. The Labute approximate surface area is 162 Å². The zero-order valence-electron chi connectivity index (χ0n) is 15.8. The number of rotatable bonds is 9. The first kappa shape index (κ1) is 21.6. The second kappa shape index (κ2) is 8.97. The van der Waals surface area contributed by atoms with Gasteiger partial charge in [-0.05, 0) is 51.0 Å². The molecule has 0 aliphatic heterocycles. The second-order valence-corrected chi connectivity index (χ2v) is 10.0. The largest absolute Gasteiger partial charge is 0.240 e. The van der Waals surface area contributed by atoms with Crippen molar-refractivity contribution in [2.45, 2.75) is 49.4 Å². The molecule has 148 valence electrons. The van der Waals surface area contributed by atoms with Crippen LogP contribution in [-0.2, 0) is 20.0 Å². The fraction of sp³-hybridized carbons (Fsp3) is 0.368. The van der Waals surface area contributed by atoms with E-state index in [1.165, 1.54) is 0 Å². The van der Waals surface area contributed by atoms with Gasteiger partial charge >= 0.3 is 0 Å². The van der Waals surface area contributed by atoms with Crippen molar-refractivity contribution in [3.05, 3.63) is 59.7 Å². The van der Waals surface area contributed by atoms with Gasteiger partial charge in [-0.15, -0.1) is 0 Å². The molecule has 0 heterocycles. The molecule has 6 nitrogen and oxygen atoms in total.